The number of rotatable bonds is 10. The van der Waals surface area contributed by atoms with E-state index in [1.165, 1.54) is 70.7 Å². The molecule has 0 aromatic heterocycles. The van der Waals surface area contributed by atoms with Gasteiger partial charge in [0, 0.05) is 58.3 Å². The summed E-state index contributed by atoms with van der Waals surface area (Å²) in [4.78, 5) is 22.2. The Morgan fingerprint density at radius 1 is 0.764 bits per heavy atom. The lowest BCUT2D eigenvalue weighted by Gasteiger charge is -2.48. The monoisotopic (exact) mass is 780 g/mol. The highest BCUT2D eigenvalue weighted by molar-refractivity contribution is 6.31. The van der Waals surface area contributed by atoms with Crippen molar-refractivity contribution in [3.05, 3.63) is 117 Å². The van der Waals surface area contributed by atoms with Crippen LogP contribution in [0.5, 0.6) is 0 Å². The number of amides is 1. The molecule has 0 saturated carbocycles. The minimum atomic E-state index is -0.434. The predicted molar refractivity (Wildman–Crippen MR) is 231 cm³/mol. The number of carbonyl (C=O) groups is 1. The number of nitrogens with two attached hydrogens (primary N) is 1. The molecular weight excluding hydrogens is 723 g/mol. The summed E-state index contributed by atoms with van der Waals surface area (Å²) in [7, 11) is 4.25. The standard InChI is InChI=1S/C28H37ClN4O.C18H21ClN2/c29-24-12-11-23-10-9-22-7-2-3-8-25(22)33(26(23)21-24)18-6-15-31-19-13-28(14-20-31,27(30)34)32-16-4-1-5-17-32;1-21(2)11-5-7-14-15-6-3-4-8-17(15)20-18-10-9-13(19)12-16(14)18/h2-3,7-8,11-12,21H,1,4-6,9-10,13-20H2,(H2,30,34);3-4,6,8-10,12,14,20H,5,7,11H2,1-2H3. The molecule has 0 aliphatic carbocycles. The highest BCUT2D eigenvalue weighted by Crippen LogP contribution is 2.44. The first-order chi connectivity index (χ1) is 26.7. The molecule has 4 aromatic rings. The molecule has 0 radical (unpaired) electrons. The average molecular weight is 782 g/mol. The van der Waals surface area contributed by atoms with E-state index in [-0.39, 0.29) is 5.91 Å². The molecule has 8 rings (SSSR count). The van der Waals surface area contributed by atoms with Gasteiger partial charge < -0.3 is 25.8 Å². The number of carbonyl (C=O) groups excluding carboxylic acids is 1. The van der Waals surface area contributed by atoms with Crippen molar-refractivity contribution in [3.8, 4) is 0 Å². The Bertz CT molecular complexity index is 1920. The fourth-order valence-corrected chi connectivity index (χ4v) is 9.70. The topological polar surface area (TPSA) is 68.1 Å². The smallest absolute Gasteiger partial charge is 0.238 e. The zero-order chi connectivity index (χ0) is 38.4. The van der Waals surface area contributed by atoms with E-state index < -0.39 is 5.54 Å². The molecule has 292 valence electrons. The van der Waals surface area contributed by atoms with Crippen LogP contribution in [0.3, 0.4) is 0 Å². The van der Waals surface area contributed by atoms with Gasteiger partial charge in [-0.05, 0) is 163 Å². The number of primary amides is 1. The SMILES string of the molecule is CN(C)CCCC1c2ccccc2Nc2ccc(Cl)cc21.NC(=O)C1(N2CCCCC2)CCN(CCCN2c3ccccc3CCc3ccc(Cl)cc32)CC1. The molecule has 4 aliphatic heterocycles. The van der Waals surface area contributed by atoms with Gasteiger partial charge in [-0.25, -0.2) is 0 Å². The quantitative estimate of drug-likeness (QED) is 0.167. The third-order valence-electron chi connectivity index (χ3n) is 12.3. The van der Waals surface area contributed by atoms with Crippen molar-refractivity contribution < 1.29 is 4.79 Å². The number of hydrogen-bond donors (Lipinski definition) is 2. The van der Waals surface area contributed by atoms with Gasteiger partial charge in [-0.2, -0.15) is 0 Å². The van der Waals surface area contributed by atoms with Crippen molar-refractivity contribution in [1.82, 2.24) is 14.7 Å². The zero-order valence-corrected chi connectivity index (χ0v) is 34.2. The van der Waals surface area contributed by atoms with E-state index in [2.05, 4.69) is 112 Å². The summed E-state index contributed by atoms with van der Waals surface area (Å²) in [6.07, 6.45) is 10.8. The number of fused-ring (bicyclic) bond motifs is 4. The molecule has 9 heteroatoms. The highest BCUT2D eigenvalue weighted by atomic mass is 35.5. The maximum atomic E-state index is 12.5. The third kappa shape index (κ3) is 9.19. The number of anilines is 4. The van der Waals surface area contributed by atoms with Crippen molar-refractivity contribution in [1.29, 1.82) is 0 Å². The zero-order valence-electron chi connectivity index (χ0n) is 32.7. The first-order valence-electron chi connectivity index (χ1n) is 20.4. The number of hydrogen-bond acceptors (Lipinski definition) is 6. The second-order valence-electron chi connectivity index (χ2n) is 16.1. The number of nitrogens with zero attached hydrogens (tertiary/aromatic N) is 4. The van der Waals surface area contributed by atoms with Crippen LogP contribution >= 0.6 is 23.2 Å². The molecule has 3 N–H and O–H groups in total. The van der Waals surface area contributed by atoms with Gasteiger partial charge in [-0.3, -0.25) is 9.69 Å². The minimum absolute atomic E-state index is 0.122. The predicted octanol–water partition coefficient (Wildman–Crippen LogP) is 9.64. The Labute approximate surface area is 338 Å². The maximum Gasteiger partial charge on any atom is 0.238 e. The fourth-order valence-electron chi connectivity index (χ4n) is 9.35. The van der Waals surface area contributed by atoms with Crippen molar-refractivity contribution in [2.24, 2.45) is 5.73 Å². The summed E-state index contributed by atoms with van der Waals surface area (Å²) in [5.41, 5.74) is 16.0. The van der Waals surface area contributed by atoms with E-state index >= 15 is 0 Å². The maximum absolute atomic E-state index is 12.5. The molecule has 2 fully saturated rings. The van der Waals surface area contributed by atoms with Gasteiger partial charge >= 0.3 is 0 Å². The fraction of sp³-hybridized carbons (Fsp3) is 0.457. The average Bonchev–Trinajstić information content (AvgIpc) is 3.35. The molecule has 0 spiro atoms. The van der Waals surface area contributed by atoms with Crippen LogP contribution in [-0.2, 0) is 17.6 Å². The van der Waals surface area contributed by atoms with Gasteiger partial charge in [0.25, 0.3) is 0 Å². The summed E-state index contributed by atoms with van der Waals surface area (Å²) >= 11 is 12.6. The van der Waals surface area contributed by atoms with Crippen LogP contribution in [0.1, 0.15) is 79.5 Å². The Morgan fingerprint density at radius 3 is 2.20 bits per heavy atom. The summed E-state index contributed by atoms with van der Waals surface area (Å²) in [6.45, 7) is 7.01. The van der Waals surface area contributed by atoms with Crippen molar-refractivity contribution in [3.63, 3.8) is 0 Å². The molecular formula is C46H58Cl2N6O. The number of piperidine rings is 2. The van der Waals surface area contributed by atoms with Gasteiger partial charge in [0.1, 0.15) is 5.54 Å². The number of aryl methyl sites for hydroxylation is 2. The first-order valence-corrected chi connectivity index (χ1v) is 21.2. The van der Waals surface area contributed by atoms with Crippen molar-refractivity contribution >= 4 is 51.9 Å². The summed E-state index contributed by atoms with van der Waals surface area (Å²) < 4.78 is 0. The van der Waals surface area contributed by atoms with Crippen LogP contribution in [0, 0.1) is 0 Å². The lowest BCUT2D eigenvalue weighted by atomic mass is 9.83. The van der Waals surface area contributed by atoms with Gasteiger partial charge in [0.2, 0.25) is 5.91 Å². The second kappa shape index (κ2) is 18.1. The molecule has 4 aliphatic rings. The molecule has 0 bridgehead atoms. The number of likely N-dealkylation sites (tertiary alicyclic amines) is 2. The van der Waals surface area contributed by atoms with E-state index in [4.69, 9.17) is 28.9 Å². The lowest BCUT2D eigenvalue weighted by Crippen LogP contribution is -2.63. The Hall–Kier alpha value is -3.59. The van der Waals surface area contributed by atoms with Crippen molar-refractivity contribution in [2.45, 2.75) is 75.7 Å². The van der Waals surface area contributed by atoms with E-state index in [0.717, 1.165) is 94.4 Å². The van der Waals surface area contributed by atoms with E-state index in [9.17, 15) is 4.79 Å². The lowest BCUT2D eigenvalue weighted by molar-refractivity contribution is -0.134. The minimum Gasteiger partial charge on any atom is -0.368 e. The van der Waals surface area contributed by atoms with Crippen molar-refractivity contribution in [2.75, 3.05) is 70.1 Å². The van der Waals surface area contributed by atoms with E-state index in [1.54, 1.807) is 0 Å². The molecule has 2 saturated heterocycles. The molecule has 1 amide bonds. The number of benzene rings is 4. The molecule has 7 nitrogen and oxygen atoms in total. The van der Waals surface area contributed by atoms with Gasteiger partial charge in [0.15, 0.2) is 0 Å². The van der Waals surface area contributed by atoms with Gasteiger partial charge in [-0.15, -0.1) is 0 Å². The van der Waals surface area contributed by atoms with Crippen LogP contribution in [0.4, 0.5) is 22.7 Å². The van der Waals surface area contributed by atoms with Gasteiger partial charge in [0.05, 0.1) is 0 Å². The van der Waals surface area contributed by atoms with E-state index in [0.29, 0.717) is 5.92 Å². The number of halogens is 2. The Kier molecular flexibility index (Phi) is 13.1. The highest BCUT2D eigenvalue weighted by Gasteiger charge is 2.45. The van der Waals surface area contributed by atoms with Gasteiger partial charge in [-0.1, -0.05) is 72.1 Å². The second-order valence-corrected chi connectivity index (χ2v) is 17.0. The Morgan fingerprint density at radius 2 is 1.44 bits per heavy atom. The summed E-state index contributed by atoms with van der Waals surface area (Å²) in [5, 5.41) is 5.13. The molecule has 4 aromatic carbocycles. The largest absolute Gasteiger partial charge is 0.368 e. The molecule has 1 unspecified atom stereocenters. The summed E-state index contributed by atoms with van der Waals surface area (Å²) in [5.74, 6) is 0.305. The summed E-state index contributed by atoms with van der Waals surface area (Å²) in [6, 6.07) is 29.8. The number of nitrogens with one attached hydrogen (secondary N) is 1. The van der Waals surface area contributed by atoms with Crippen LogP contribution in [-0.4, -0.2) is 86.1 Å². The van der Waals surface area contributed by atoms with Crippen LogP contribution < -0.4 is 16.0 Å². The van der Waals surface area contributed by atoms with Crippen LogP contribution in [0.2, 0.25) is 10.0 Å². The first kappa shape index (κ1) is 39.6. The molecule has 4 heterocycles. The van der Waals surface area contributed by atoms with Crippen LogP contribution in [0.15, 0.2) is 84.9 Å². The van der Waals surface area contributed by atoms with Crippen LogP contribution in [0.25, 0.3) is 0 Å². The Balaban J connectivity index is 0.000000190. The normalized spacial score (nSPS) is 19.1. The van der Waals surface area contributed by atoms with E-state index in [1.807, 2.05) is 12.1 Å². The molecule has 1 atom stereocenters. The molecule has 55 heavy (non-hydrogen) atoms. The number of para-hydroxylation sites is 2. The third-order valence-corrected chi connectivity index (χ3v) is 12.8.